The molecule has 0 amide bonds. The number of fused-ring (bicyclic) bond motifs is 1. The average molecular weight is 274 g/mol. The molecule has 20 heavy (non-hydrogen) atoms. The van der Waals surface area contributed by atoms with E-state index in [-0.39, 0.29) is 0 Å². The van der Waals surface area contributed by atoms with Gasteiger partial charge in [-0.2, -0.15) is 0 Å². The molecule has 0 aliphatic heterocycles. The molecule has 0 spiro atoms. The van der Waals surface area contributed by atoms with Gasteiger partial charge in [0.05, 0.1) is 25.3 Å². The maximum absolute atomic E-state index is 5.65. The summed E-state index contributed by atoms with van der Waals surface area (Å²) in [5, 5.41) is 4.26. The van der Waals surface area contributed by atoms with Gasteiger partial charge in [-0.1, -0.05) is 25.1 Å². The van der Waals surface area contributed by atoms with Crippen LogP contribution in [0.25, 0.3) is 10.9 Å². The molecule has 0 aliphatic carbocycles. The first kappa shape index (κ1) is 14.8. The predicted octanol–water partition coefficient (Wildman–Crippen LogP) is 3.22. The van der Waals surface area contributed by atoms with Gasteiger partial charge in [-0.05, 0) is 18.6 Å². The van der Waals surface area contributed by atoms with Gasteiger partial charge >= 0.3 is 0 Å². The minimum atomic E-state index is 0.545. The molecule has 0 unspecified atom stereocenters. The first-order valence-electron chi connectivity index (χ1n) is 7.07. The number of benzene rings is 1. The third kappa shape index (κ3) is 3.92. The number of nitrogens with zero attached hydrogens (tertiary/aromatic N) is 1. The van der Waals surface area contributed by atoms with Gasteiger partial charge in [0.25, 0.3) is 0 Å². The zero-order chi connectivity index (χ0) is 14.2. The number of anilines is 1. The van der Waals surface area contributed by atoms with Gasteiger partial charge in [-0.15, -0.1) is 0 Å². The Morgan fingerprint density at radius 3 is 2.70 bits per heavy atom. The highest BCUT2D eigenvalue weighted by Gasteiger charge is 2.05. The fourth-order valence-corrected chi connectivity index (χ4v) is 2.03. The van der Waals surface area contributed by atoms with Gasteiger partial charge in [-0.25, -0.2) is 4.98 Å². The van der Waals surface area contributed by atoms with E-state index in [4.69, 9.17) is 9.47 Å². The molecule has 0 radical (unpaired) electrons. The predicted molar refractivity (Wildman–Crippen MR) is 82.1 cm³/mol. The van der Waals surface area contributed by atoms with Crippen molar-refractivity contribution in [1.29, 1.82) is 0 Å². The van der Waals surface area contributed by atoms with Crippen LogP contribution in [0.5, 0.6) is 0 Å². The number of pyridine rings is 1. The minimum Gasteiger partial charge on any atom is -0.379 e. The van der Waals surface area contributed by atoms with Crippen molar-refractivity contribution in [2.45, 2.75) is 20.0 Å². The van der Waals surface area contributed by atoms with E-state index in [0.717, 1.165) is 35.3 Å². The molecule has 2 rings (SSSR count). The maximum Gasteiger partial charge on any atom is 0.131 e. The van der Waals surface area contributed by atoms with E-state index in [2.05, 4.69) is 29.4 Å². The Labute approximate surface area is 120 Å². The van der Waals surface area contributed by atoms with Crippen LogP contribution in [0, 0.1) is 0 Å². The molecule has 108 valence electrons. The van der Waals surface area contributed by atoms with Gasteiger partial charge < -0.3 is 14.8 Å². The average Bonchev–Trinajstić information content (AvgIpc) is 2.50. The molecule has 2 aromatic rings. The summed E-state index contributed by atoms with van der Waals surface area (Å²) in [5.74, 6) is 0.873. The Balaban J connectivity index is 1.97. The van der Waals surface area contributed by atoms with Crippen LogP contribution in [0.4, 0.5) is 5.82 Å². The number of ether oxygens (including phenoxy) is 2. The van der Waals surface area contributed by atoms with Crippen molar-refractivity contribution in [1.82, 2.24) is 4.98 Å². The molecular weight excluding hydrogens is 252 g/mol. The quantitative estimate of drug-likeness (QED) is 0.751. The number of rotatable bonds is 8. The van der Waals surface area contributed by atoms with Crippen molar-refractivity contribution < 1.29 is 9.47 Å². The highest BCUT2D eigenvalue weighted by Crippen LogP contribution is 2.20. The fraction of sp³-hybridized carbons (Fsp3) is 0.438. The van der Waals surface area contributed by atoms with Crippen LogP contribution in [0.2, 0.25) is 0 Å². The Hall–Kier alpha value is -1.65. The van der Waals surface area contributed by atoms with Crippen LogP contribution in [0.15, 0.2) is 30.3 Å². The summed E-state index contributed by atoms with van der Waals surface area (Å²) in [5.41, 5.74) is 2.06. The van der Waals surface area contributed by atoms with E-state index < -0.39 is 0 Å². The second-order valence-corrected chi connectivity index (χ2v) is 4.60. The summed E-state index contributed by atoms with van der Waals surface area (Å²) in [6.45, 7) is 4.69. The third-order valence-corrected chi connectivity index (χ3v) is 3.02. The van der Waals surface area contributed by atoms with Crippen LogP contribution < -0.4 is 5.32 Å². The SMILES string of the molecule is CCCOCCOCc1cc2ccccc2nc1NC. The molecule has 1 aromatic carbocycles. The largest absolute Gasteiger partial charge is 0.379 e. The number of hydrogen-bond acceptors (Lipinski definition) is 4. The lowest BCUT2D eigenvalue weighted by Gasteiger charge is -2.11. The lowest BCUT2D eigenvalue weighted by atomic mass is 10.1. The van der Waals surface area contributed by atoms with Gasteiger partial charge in [0.2, 0.25) is 0 Å². The van der Waals surface area contributed by atoms with E-state index >= 15 is 0 Å². The smallest absolute Gasteiger partial charge is 0.131 e. The number of para-hydroxylation sites is 1. The molecule has 0 atom stereocenters. The Morgan fingerprint density at radius 2 is 1.90 bits per heavy atom. The number of nitrogens with one attached hydrogen (secondary N) is 1. The van der Waals surface area contributed by atoms with Crippen molar-refractivity contribution in [3.63, 3.8) is 0 Å². The van der Waals surface area contributed by atoms with Gasteiger partial charge in [0.15, 0.2) is 0 Å². The molecular formula is C16H22N2O2. The van der Waals surface area contributed by atoms with Crippen molar-refractivity contribution in [3.8, 4) is 0 Å². The highest BCUT2D eigenvalue weighted by atomic mass is 16.5. The van der Waals surface area contributed by atoms with Gasteiger partial charge in [-0.3, -0.25) is 0 Å². The zero-order valence-electron chi connectivity index (χ0n) is 12.2. The van der Waals surface area contributed by atoms with Crippen LogP contribution in [-0.4, -0.2) is 31.9 Å². The summed E-state index contributed by atoms with van der Waals surface area (Å²) in [4.78, 5) is 4.60. The van der Waals surface area contributed by atoms with Crippen LogP contribution in [-0.2, 0) is 16.1 Å². The second-order valence-electron chi connectivity index (χ2n) is 4.60. The minimum absolute atomic E-state index is 0.545. The van der Waals surface area contributed by atoms with E-state index in [1.165, 1.54) is 0 Å². The highest BCUT2D eigenvalue weighted by molar-refractivity contribution is 5.81. The molecule has 1 N–H and O–H groups in total. The normalized spacial score (nSPS) is 10.9. The molecule has 1 heterocycles. The lowest BCUT2D eigenvalue weighted by Crippen LogP contribution is -2.07. The lowest BCUT2D eigenvalue weighted by molar-refractivity contribution is 0.0410. The van der Waals surface area contributed by atoms with Gasteiger partial charge in [0, 0.05) is 24.6 Å². The fourth-order valence-electron chi connectivity index (χ4n) is 2.03. The van der Waals surface area contributed by atoms with Crippen molar-refractivity contribution in [3.05, 3.63) is 35.9 Å². The summed E-state index contributed by atoms with van der Waals surface area (Å²) in [6.07, 6.45) is 1.04. The topological polar surface area (TPSA) is 43.4 Å². The van der Waals surface area contributed by atoms with E-state index in [1.54, 1.807) is 0 Å². The van der Waals surface area contributed by atoms with E-state index in [9.17, 15) is 0 Å². The summed E-state index contributed by atoms with van der Waals surface area (Å²) >= 11 is 0. The Kier molecular flexibility index (Phi) is 5.77. The molecule has 0 saturated carbocycles. The number of aromatic nitrogens is 1. The van der Waals surface area contributed by atoms with E-state index in [1.807, 2.05) is 25.2 Å². The van der Waals surface area contributed by atoms with Crippen molar-refractivity contribution in [2.24, 2.45) is 0 Å². The second kappa shape index (κ2) is 7.82. The van der Waals surface area contributed by atoms with Crippen molar-refractivity contribution >= 4 is 16.7 Å². The monoisotopic (exact) mass is 274 g/mol. The van der Waals surface area contributed by atoms with Crippen LogP contribution in [0.3, 0.4) is 0 Å². The third-order valence-electron chi connectivity index (χ3n) is 3.02. The zero-order valence-corrected chi connectivity index (χ0v) is 12.2. The first-order valence-corrected chi connectivity index (χ1v) is 7.07. The molecule has 0 bridgehead atoms. The molecule has 1 aromatic heterocycles. The molecule has 0 saturated heterocycles. The standard InChI is InChI=1S/C16H22N2O2/c1-3-8-19-9-10-20-12-14-11-13-6-4-5-7-15(13)18-16(14)17-2/h4-7,11H,3,8-10,12H2,1-2H3,(H,17,18). The number of hydrogen-bond donors (Lipinski definition) is 1. The molecule has 0 fully saturated rings. The Bertz CT molecular complexity index is 543. The first-order chi connectivity index (χ1) is 9.85. The van der Waals surface area contributed by atoms with Crippen LogP contribution >= 0.6 is 0 Å². The Morgan fingerprint density at radius 1 is 1.10 bits per heavy atom. The summed E-state index contributed by atoms with van der Waals surface area (Å²) < 4.78 is 11.0. The molecule has 4 nitrogen and oxygen atoms in total. The maximum atomic E-state index is 5.65. The summed E-state index contributed by atoms with van der Waals surface area (Å²) in [6, 6.07) is 10.2. The van der Waals surface area contributed by atoms with Gasteiger partial charge in [0.1, 0.15) is 5.82 Å². The van der Waals surface area contributed by atoms with E-state index in [0.29, 0.717) is 19.8 Å². The van der Waals surface area contributed by atoms with Crippen LogP contribution in [0.1, 0.15) is 18.9 Å². The van der Waals surface area contributed by atoms with Crippen molar-refractivity contribution in [2.75, 3.05) is 32.2 Å². The molecule has 4 heteroatoms. The summed E-state index contributed by atoms with van der Waals surface area (Å²) in [7, 11) is 1.88. The molecule has 0 aliphatic rings.